The molecule has 1 aliphatic heterocycles. The van der Waals surface area contributed by atoms with Crippen molar-refractivity contribution >= 4 is 5.97 Å². The molecule has 0 saturated carbocycles. The molecule has 0 aromatic heterocycles. The van der Waals surface area contributed by atoms with Crippen LogP contribution in [0.4, 0.5) is 0 Å². The zero-order chi connectivity index (χ0) is 11.8. The number of methoxy groups -OCH3 is 1. The molecular weight excluding hydrogens is 204 g/mol. The van der Waals surface area contributed by atoms with Crippen molar-refractivity contribution in [2.75, 3.05) is 40.3 Å². The van der Waals surface area contributed by atoms with Crippen LogP contribution in [0.1, 0.15) is 25.7 Å². The maximum atomic E-state index is 10.9. The number of ether oxygens (including phenoxy) is 1. The van der Waals surface area contributed by atoms with Gasteiger partial charge in [0.1, 0.15) is 0 Å². The molecule has 0 aromatic carbocycles. The Balaban J connectivity index is 2.06. The second kappa shape index (κ2) is 7.63. The van der Waals surface area contributed by atoms with E-state index in [9.17, 15) is 4.79 Å². The molecule has 0 aromatic rings. The summed E-state index contributed by atoms with van der Waals surface area (Å²) in [6.45, 7) is 4.51. The third-order valence-corrected chi connectivity index (χ3v) is 3.28. The van der Waals surface area contributed by atoms with Gasteiger partial charge in [-0.05, 0) is 58.4 Å². The van der Waals surface area contributed by atoms with Crippen LogP contribution in [0.3, 0.4) is 0 Å². The molecule has 0 bridgehead atoms. The Morgan fingerprint density at radius 1 is 1.44 bits per heavy atom. The summed E-state index contributed by atoms with van der Waals surface area (Å²) in [5, 5.41) is 3.24. The lowest BCUT2D eigenvalue weighted by molar-refractivity contribution is -0.140. The lowest BCUT2D eigenvalue weighted by Crippen LogP contribution is -2.37. The van der Waals surface area contributed by atoms with E-state index in [4.69, 9.17) is 0 Å². The zero-order valence-corrected chi connectivity index (χ0v) is 10.5. The molecule has 4 heteroatoms. The van der Waals surface area contributed by atoms with Crippen LogP contribution in [0, 0.1) is 5.92 Å². The van der Waals surface area contributed by atoms with Crippen molar-refractivity contribution in [1.29, 1.82) is 0 Å². The Labute approximate surface area is 98.3 Å². The fraction of sp³-hybridized carbons (Fsp3) is 0.917. The first-order chi connectivity index (χ1) is 7.76. The molecule has 1 rings (SSSR count). The maximum absolute atomic E-state index is 10.9. The minimum absolute atomic E-state index is 0.0925. The van der Waals surface area contributed by atoms with Crippen molar-refractivity contribution in [1.82, 2.24) is 10.2 Å². The minimum atomic E-state index is -0.0925. The lowest BCUT2D eigenvalue weighted by atomic mass is 9.97. The topological polar surface area (TPSA) is 41.6 Å². The maximum Gasteiger partial charge on any atom is 0.305 e. The fourth-order valence-electron chi connectivity index (χ4n) is 2.25. The molecule has 0 radical (unpaired) electrons. The van der Waals surface area contributed by atoms with Gasteiger partial charge in [0.25, 0.3) is 0 Å². The highest BCUT2D eigenvalue weighted by Gasteiger charge is 2.18. The Morgan fingerprint density at radius 2 is 2.12 bits per heavy atom. The second-order valence-electron chi connectivity index (χ2n) is 4.52. The number of piperidine rings is 1. The fourth-order valence-corrected chi connectivity index (χ4v) is 2.25. The minimum Gasteiger partial charge on any atom is -0.469 e. The van der Waals surface area contributed by atoms with E-state index in [0.717, 1.165) is 25.4 Å². The Kier molecular flexibility index (Phi) is 6.42. The molecule has 0 aliphatic carbocycles. The van der Waals surface area contributed by atoms with E-state index >= 15 is 0 Å². The van der Waals surface area contributed by atoms with Crippen LogP contribution in [0.2, 0.25) is 0 Å². The van der Waals surface area contributed by atoms with Gasteiger partial charge in [0.05, 0.1) is 7.11 Å². The van der Waals surface area contributed by atoms with Crippen molar-refractivity contribution in [3.63, 3.8) is 0 Å². The molecule has 1 saturated heterocycles. The van der Waals surface area contributed by atoms with Crippen molar-refractivity contribution in [2.45, 2.75) is 25.7 Å². The molecule has 0 amide bonds. The van der Waals surface area contributed by atoms with Crippen LogP contribution in [0.25, 0.3) is 0 Å². The average Bonchev–Trinajstić information content (AvgIpc) is 2.31. The predicted octanol–water partition coefficient (Wildman–Crippen LogP) is 0.871. The van der Waals surface area contributed by atoms with Gasteiger partial charge >= 0.3 is 5.97 Å². The van der Waals surface area contributed by atoms with Crippen LogP contribution in [0.5, 0.6) is 0 Å². The Bertz CT molecular complexity index is 201. The van der Waals surface area contributed by atoms with E-state index in [0.29, 0.717) is 6.42 Å². The van der Waals surface area contributed by atoms with Crippen LogP contribution in [-0.4, -0.2) is 51.2 Å². The lowest BCUT2D eigenvalue weighted by Gasteiger charge is -2.31. The van der Waals surface area contributed by atoms with Crippen molar-refractivity contribution in [3.05, 3.63) is 0 Å². The molecule has 0 unspecified atom stereocenters. The smallest absolute Gasteiger partial charge is 0.305 e. The predicted molar refractivity (Wildman–Crippen MR) is 64.3 cm³/mol. The SMILES string of the molecule is CNCC1CCN(CCCC(=O)OC)CC1. The molecule has 1 aliphatic rings. The number of carbonyl (C=O) groups is 1. The Morgan fingerprint density at radius 3 is 2.69 bits per heavy atom. The first-order valence-corrected chi connectivity index (χ1v) is 6.20. The number of nitrogens with one attached hydrogen (secondary N) is 1. The van der Waals surface area contributed by atoms with Gasteiger partial charge in [0, 0.05) is 6.42 Å². The number of hydrogen-bond acceptors (Lipinski definition) is 4. The molecule has 0 spiro atoms. The molecule has 0 atom stereocenters. The molecule has 4 nitrogen and oxygen atoms in total. The summed E-state index contributed by atoms with van der Waals surface area (Å²) in [5.74, 6) is 0.743. The number of nitrogens with zero attached hydrogens (tertiary/aromatic N) is 1. The summed E-state index contributed by atoms with van der Waals surface area (Å²) in [6, 6.07) is 0. The molecule has 94 valence electrons. The summed E-state index contributed by atoms with van der Waals surface area (Å²) < 4.78 is 4.62. The quantitative estimate of drug-likeness (QED) is 0.685. The van der Waals surface area contributed by atoms with Gasteiger partial charge in [-0.15, -0.1) is 0 Å². The second-order valence-corrected chi connectivity index (χ2v) is 4.52. The Hall–Kier alpha value is -0.610. The molecular formula is C12H24N2O2. The van der Waals surface area contributed by atoms with Crippen LogP contribution < -0.4 is 5.32 Å². The van der Waals surface area contributed by atoms with Gasteiger partial charge in [-0.25, -0.2) is 0 Å². The van der Waals surface area contributed by atoms with E-state index in [-0.39, 0.29) is 5.97 Å². The summed E-state index contributed by atoms with van der Waals surface area (Å²) in [5.41, 5.74) is 0. The highest BCUT2D eigenvalue weighted by atomic mass is 16.5. The van der Waals surface area contributed by atoms with Gasteiger partial charge in [-0.1, -0.05) is 0 Å². The molecule has 16 heavy (non-hydrogen) atoms. The van der Waals surface area contributed by atoms with E-state index in [1.165, 1.54) is 33.0 Å². The monoisotopic (exact) mass is 228 g/mol. The first kappa shape index (κ1) is 13.5. The highest BCUT2D eigenvalue weighted by molar-refractivity contribution is 5.69. The number of carbonyl (C=O) groups excluding carboxylic acids is 1. The molecule has 1 fully saturated rings. The van der Waals surface area contributed by atoms with E-state index < -0.39 is 0 Å². The van der Waals surface area contributed by atoms with Gasteiger partial charge in [0.15, 0.2) is 0 Å². The van der Waals surface area contributed by atoms with Gasteiger partial charge < -0.3 is 15.0 Å². The third kappa shape index (κ3) is 4.94. The molecule has 1 heterocycles. The van der Waals surface area contributed by atoms with Gasteiger partial charge in [-0.3, -0.25) is 4.79 Å². The number of rotatable bonds is 6. The summed E-state index contributed by atoms with van der Waals surface area (Å²) >= 11 is 0. The largest absolute Gasteiger partial charge is 0.469 e. The number of likely N-dealkylation sites (tertiary alicyclic amines) is 1. The van der Waals surface area contributed by atoms with Crippen LogP contribution in [0.15, 0.2) is 0 Å². The van der Waals surface area contributed by atoms with E-state index in [2.05, 4.69) is 15.0 Å². The first-order valence-electron chi connectivity index (χ1n) is 6.20. The van der Waals surface area contributed by atoms with Crippen molar-refractivity contribution in [2.24, 2.45) is 5.92 Å². The van der Waals surface area contributed by atoms with Crippen LogP contribution >= 0.6 is 0 Å². The zero-order valence-electron chi connectivity index (χ0n) is 10.5. The highest BCUT2D eigenvalue weighted by Crippen LogP contribution is 2.16. The average molecular weight is 228 g/mol. The summed E-state index contributed by atoms with van der Waals surface area (Å²) in [6.07, 6.45) is 4.02. The number of esters is 1. The van der Waals surface area contributed by atoms with E-state index in [1.807, 2.05) is 7.05 Å². The van der Waals surface area contributed by atoms with Crippen molar-refractivity contribution < 1.29 is 9.53 Å². The standard InChI is InChI=1S/C12H24N2O2/c1-13-10-11-5-8-14(9-6-11)7-3-4-12(15)16-2/h11,13H,3-10H2,1-2H3. The van der Waals surface area contributed by atoms with Crippen molar-refractivity contribution in [3.8, 4) is 0 Å². The van der Waals surface area contributed by atoms with Crippen LogP contribution in [-0.2, 0) is 9.53 Å². The normalized spacial score (nSPS) is 18.6. The van der Waals surface area contributed by atoms with E-state index in [1.54, 1.807) is 0 Å². The van der Waals surface area contributed by atoms with Gasteiger partial charge in [0.2, 0.25) is 0 Å². The van der Waals surface area contributed by atoms with Gasteiger partial charge in [-0.2, -0.15) is 0 Å². The number of hydrogen-bond donors (Lipinski definition) is 1. The molecule has 1 N–H and O–H groups in total. The summed E-state index contributed by atoms with van der Waals surface area (Å²) in [4.78, 5) is 13.4. The summed E-state index contributed by atoms with van der Waals surface area (Å²) in [7, 11) is 3.47. The third-order valence-electron chi connectivity index (χ3n) is 3.28.